The van der Waals surface area contributed by atoms with Gasteiger partial charge in [0.15, 0.2) is 0 Å². The molecule has 0 rings (SSSR count). The van der Waals surface area contributed by atoms with Crippen LogP contribution < -0.4 is 0 Å². The van der Waals surface area contributed by atoms with Crippen LogP contribution in [0.15, 0.2) is 0 Å². The second-order valence-electron chi connectivity index (χ2n) is 2.14. The Morgan fingerprint density at radius 3 is 2.12 bits per heavy atom. The highest BCUT2D eigenvalue weighted by Crippen LogP contribution is 2.03. The molecule has 0 bridgehead atoms. The van der Waals surface area contributed by atoms with Crippen LogP contribution in [0.5, 0.6) is 0 Å². The van der Waals surface area contributed by atoms with E-state index in [4.69, 9.17) is 10.2 Å². The minimum absolute atomic E-state index is 0.0278. The zero-order valence-electron chi connectivity index (χ0n) is 5.46. The highest BCUT2D eigenvalue weighted by Gasteiger charge is 2.08. The van der Waals surface area contributed by atoms with Gasteiger partial charge in [0.2, 0.25) is 0 Å². The van der Waals surface area contributed by atoms with Crippen molar-refractivity contribution in [3.8, 4) is 0 Å². The molecule has 0 spiro atoms. The van der Waals surface area contributed by atoms with Crippen LogP contribution in [0.1, 0.15) is 20.3 Å². The lowest BCUT2D eigenvalue weighted by atomic mass is 10.0. The van der Waals surface area contributed by atoms with Crippen molar-refractivity contribution in [2.75, 3.05) is 6.61 Å². The Morgan fingerprint density at radius 2 is 2.00 bits per heavy atom. The summed E-state index contributed by atoms with van der Waals surface area (Å²) in [6.45, 7) is 3.81. The van der Waals surface area contributed by atoms with Gasteiger partial charge in [0, 0.05) is 12.5 Å². The molecule has 2 heteroatoms. The Balaban J connectivity index is 3.29. The van der Waals surface area contributed by atoms with E-state index in [2.05, 4.69) is 0 Å². The summed E-state index contributed by atoms with van der Waals surface area (Å²) < 4.78 is 0. The van der Waals surface area contributed by atoms with Crippen molar-refractivity contribution >= 4 is 0 Å². The van der Waals surface area contributed by atoms with Crippen molar-refractivity contribution in [1.29, 1.82) is 0 Å². The Hall–Kier alpha value is -0.0800. The average Bonchev–Trinajstić information content (AvgIpc) is 1.84. The maximum atomic E-state index is 8.97. The Kier molecular flexibility index (Phi) is 3.83. The van der Waals surface area contributed by atoms with E-state index in [-0.39, 0.29) is 18.6 Å². The van der Waals surface area contributed by atoms with Gasteiger partial charge in [-0.15, -0.1) is 0 Å². The molecule has 2 nitrogen and oxygen atoms in total. The summed E-state index contributed by atoms with van der Waals surface area (Å²) in [5, 5.41) is 17.4. The first kappa shape index (κ1) is 7.92. The summed E-state index contributed by atoms with van der Waals surface area (Å²) in [7, 11) is 0. The molecule has 50 valence electrons. The molecular formula is C6H14O2. The van der Waals surface area contributed by atoms with Crippen LogP contribution in [0.3, 0.4) is 0 Å². The summed E-state index contributed by atoms with van der Waals surface area (Å²) in [4.78, 5) is 0. The largest absolute Gasteiger partial charge is 0.396 e. The monoisotopic (exact) mass is 118 g/mol. The average molecular weight is 118 g/mol. The fourth-order valence-electron chi connectivity index (χ4n) is 0.524. The highest BCUT2D eigenvalue weighted by atomic mass is 16.3. The number of hydrogen-bond acceptors (Lipinski definition) is 2. The maximum absolute atomic E-state index is 8.97. The third-order valence-electron chi connectivity index (χ3n) is 1.36. The summed E-state index contributed by atoms with van der Waals surface area (Å²) >= 11 is 0. The summed E-state index contributed by atoms with van der Waals surface area (Å²) in [6.07, 6.45) is 0.391. The van der Waals surface area contributed by atoms with Crippen LogP contribution in [0, 0.1) is 5.92 Å². The van der Waals surface area contributed by atoms with E-state index in [1.807, 2.05) is 13.8 Å². The van der Waals surface area contributed by atoms with Gasteiger partial charge in [-0.2, -0.15) is 0 Å². The first-order valence-electron chi connectivity index (χ1n) is 3.01. The van der Waals surface area contributed by atoms with Crippen molar-refractivity contribution in [2.45, 2.75) is 26.4 Å². The van der Waals surface area contributed by atoms with E-state index in [1.165, 1.54) is 0 Å². The molecule has 8 heavy (non-hydrogen) atoms. The van der Waals surface area contributed by atoms with Crippen molar-refractivity contribution in [1.82, 2.24) is 0 Å². The fourth-order valence-corrected chi connectivity index (χ4v) is 0.524. The van der Waals surface area contributed by atoms with Gasteiger partial charge in [0.1, 0.15) is 0 Å². The lowest BCUT2D eigenvalue weighted by Crippen LogP contribution is -2.19. The van der Waals surface area contributed by atoms with E-state index in [0.717, 1.165) is 6.42 Å². The second-order valence-corrected chi connectivity index (χ2v) is 2.14. The summed E-state index contributed by atoms with van der Waals surface area (Å²) in [5.74, 6) is 0.0278. The highest BCUT2D eigenvalue weighted by molar-refractivity contribution is 4.59. The fraction of sp³-hybridized carbons (Fsp3) is 1.00. The zero-order valence-corrected chi connectivity index (χ0v) is 5.46. The molecule has 0 fully saturated rings. The van der Waals surface area contributed by atoms with Crippen molar-refractivity contribution < 1.29 is 10.2 Å². The van der Waals surface area contributed by atoms with Gasteiger partial charge in [-0.3, -0.25) is 0 Å². The molecule has 2 N–H and O–H groups in total. The lowest BCUT2D eigenvalue weighted by molar-refractivity contribution is 0.0744. The molecule has 0 aliphatic rings. The molecular weight excluding hydrogens is 104 g/mol. The number of rotatable bonds is 3. The summed E-state index contributed by atoms with van der Waals surface area (Å²) in [5.41, 5.74) is 0. The predicted molar refractivity (Wildman–Crippen MR) is 32.5 cm³/mol. The molecule has 0 amide bonds. The molecule has 2 atom stereocenters. The van der Waals surface area contributed by atoms with Gasteiger partial charge in [-0.25, -0.2) is 0 Å². The van der Waals surface area contributed by atoms with Crippen LogP contribution in [0.25, 0.3) is 0 Å². The molecule has 0 aromatic carbocycles. The maximum Gasteiger partial charge on any atom is 0.0585 e. The van der Waals surface area contributed by atoms with Gasteiger partial charge < -0.3 is 10.2 Å². The molecule has 0 aliphatic carbocycles. The van der Waals surface area contributed by atoms with E-state index in [9.17, 15) is 0 Å². The topological polar surface area (TPSA) is 40.5 Å². The third kappa shape index (κ3) is 2.28. The first-order valence-corrected chi connectivity index (χ1v) is 3.01. The van der Waals surface area contributed by atoms with Gasteiger partial charge in [0.25, 0.3) is 0 Å². The van der Waals surface area contributed by atoms with Crippen LogP contribution in [-0.2, 0) is 0 Å². The molecule has 0 heterocycles. The minimum Gasteiger partial charge on any atom is -0.396 e. The molecule has 0 aromatic rings. The van der Waals surface area contributed by atoms with Crippen LogP contribution >= 0.6 is 0 Å². The van der Waals surface area contributed by atoms with Gasteiger partial charge in [-0.05, 0) is 6.42 Å². The number of hydrogen-bond donors (Lipinski definition) is 2. The standard InChI is InChI=1S/C6H14O2/c1-3-6(8)5(2)4-7/h5-8H,3-4H2,1-2H3. The molecule has 0 aromatic heterocycles. The molecule has 0 aliphatic heterocycles. The third-order valence-corrected chi connectivity index (χ3v) is 1.36. The Morgan fingerprint density at radius 1 is 1.50 bits per heavy atom. The van der Waals surface area contributed by atoms with Crippen molar-refractivity contribution in [3.63, 3.8) is 0 Å². The van der Waals surface area contributed by atoms with Crippen molar-refractivity contribution in [2.24, 2.45) is 5.92 Å². The van der Waals surface area contributed by atoms with Crippen molar-refractivity contribution in [3.05, 3.63) is 0 Å². The second kappa shape index (κ2) is 3.87. The van der Waals surface area contributed by atoms with E-state index in [1.54, 1.807) is 0 Å². The molecule has 0 saturated heterocycles. The number of aliphatic hydroxyl groups excluding tert-OH is 2. The SMILES string of the molecule is CCC(O)C(C)CO. The number of aliphatic hydroxyl groups is 2. The quantitative estimate of drug-likeness (QED) is 0.562. The zero-order chi connectivity index (χ0) is 6.57. The van der Waals surface area contributed by atoms with Gasteiger partial charge in [0.05, 0.1) is 6.10 Å². The smallest absolute Gasteiger partial charge is 0.0585 e. The first-order chi connectivity index (χ1) is 3.72. The van der Waals surface area contributed by atoms with Gasteiger partial charge >= 0.3 is 0 Å². The normalized spacial score (nSPS) is 18.0. The van der Waals surface area contributed by atoms with Crippen LogP contribution in [-0.4, -0.2) is 22.9 Å². The Labute approximate surface area is 50.2 Å². The lowest BCUT2D eigenvalue weighted by Gasteiger charge is -2.12. The molecule has 0 radical (unpaired) electrons. The molecule has 0 saturated carbocycles. The van der Waals surface area contributed by atoms with E-state index >= 15 is 0 Å². The van der Waals surface area contributed by atoms with E-state index in [0.29, 0.717) is 0 Å². The Bertz CT molecular complexity index is 46.5. The molecule has 2 unspecified atom stereocenters. The minimum atomic E-state index is -0.333. The van der Waals surface area contributed by atoms with Crippen LogP contribution in [0.4, 0.5) is 0 Å². The van der Waals surface area contributed by atoms with Crippen LogP contribution in [0.2, 0.25) is 0 Å². The summed E-state index contributed by atoms with van der Waals surface area (Å²) in [6, 6.07) is 0. The predicted octanol–water partition coefficient (Wildman–Crippen LogP) is 0.386. The van der Waals surface area contributed by atoms with Gasteiger partial charge in [-0.1, -0.05) is 13.8 Å². The van der Waals surface area contributed by atoms with E-state index < -0.39 is 0 Å².